The average molecular weight is 288 g/mol. The van der Waals surface area contributed by atoms with Gasteiger partial charge in [-0.05, 0) is 42.9 Å². The van der Waals surface area contributed by atoms with Gasteiger partial charge < -0.3 is 15.3 Å². The number of carbonyl (C=O) groups is 2. The highest BCUT2D eigenvalue weighted by Gasteiger charge is 2.37. The monoisotopic (exact) mass is 288 g/mol. The molecule has 2 heterocycles. The summed E-state index contributed by atoms with van der Waals surface area (Å²) < 4.78 is 0. The van der Waals surface area contributed by atoms with E-state index in [-0.39, 0.29) is 11.8 Å². The van der Waals surface area contributed by atoms with Crippen LogP contribution in [0.15, 0.2) is 18.2 Å². The summed E-state index contributed by atoms with van der Waals surface area (Å²) in [5.74, 6) is -1.09. The summed E-state index contributed by atoms with van der Waals surface area (Å²) in [5.41, 5.74) is 2.79. The van der Waals surface area contributed by atoms with Gasteiger partial charge in [-0.15, -0.1) is 0 Å². The van der Waals surface area contributed by atoms with Gasteiger partial charge in [0.15, 0.2) is 0 Å². The molecule has 0 bridgehead atoms. The minimum Gasteiger partial charge on any atom is -0.480 e. The summed E-state index contributed by atoms with van der Waals surface area (Å²) in [7, 11) is 0. The van der Waals surface area contributed by atoms with E-state index >= 15 is 0 Å². The van der Waals surface area contributed by atoms with Crippen molar-refractivity contribution in [3.8, 4) is 0 Å². The summed E-state index contributed by atoms with van der Waals surface area (Å²) in [6, 6.07) is 4.91. The fourth-order valence-electron chi connectivity index (χ4n) is 3.38. The number of amides is 1. The van der Waals surface area contributed by atoms with Crippen molar-refractivity contribution in [3.63, 3.8) is 0 Å². The van der Waals surface area contributed by atoms with Gasteiger partial charge in [0.1, 0.15) is 6.04 Å². The lowest BCUT2D eigenvalue weighted by atomic mass is 9.90. The molecule has 2 N–H and O–H groups in total. The van der Waals surface area contributed by atoms with Gasteiger partial charge in [-0.25, -0.2) is 4.79 Å². The number of likely N-dealkylation sites (tertiary alicyclic amines) is 1. The van der Waals surface area contributed by atoms with Crippen molar-refractivity contribution in [1.29, 1.82) is 0 Å². The SMILES string of the molecule is CC1CCCN(C(=O)c2ccc3c(c2)NCC3)C1C(=O)O. The Labute approximate surface area is 123 Å². The van der Waals surface area contributed by atoms with Gasteiger partial charge in [-0.1, -0.05) is 13.0 Å². The first-order chi connectivity index (χ1) is 10.1. The molecule has 1 fully saturated rings. The van der Waals surface area contributed by atoms with Crippen LogP contribution in [0.1, 0.15) is 35.7 Å². The number of nitrogens with one attached hydrogen (secondary N) is 1. The summed E-state index contributed by atoms with van der Waals surface area (Å²) in [6.07, 6.45) is 2.69. The first kappa shape index (κ1) is 13.9. The van der Waals surface area contributed by atoms with Crippen molar-refractivity contribution in [2.75, 3.05) is 18.4 Å². The predicted molar refractivity (Wildman–Crippen MR) is 79.5 cm³/mol. The highest BCUT2D eigenvalue weighted by atomic mass is 16.4. The van der Waals surface area contributed by atoms with Crippen LogP contribution in [0.3, 0.4) is 0 Å². The van der Waals surface area contributed by atoms with Gasteiger partial charge in [-0.3, -0.25) is 4.79 Å². The quantitative estimate of drug-likeness (QED) is 0.873. The van der Waals surface area contributed by atoms with E-state index in [4.69, 9.17) is 0 Å². The second kappa shape index (κ2) is 5.39. The molecule has 0 aliphatic carbocycles. The summed E-state index contributed by atoms with van der Waals surface area (Å²) in [5, 5.41) is 12.7. The Balaban J connectivity index is 1.88. The van der Waals surface area contributed by atoms with Gasteiger partial charge in [0.25, 0.3) is 5.91 Å². The van der Waals surface area contributed by atoms with Crippen LogP contribution in [-0.2, 0) is 11.2 Å². The van der Waals surface area contributed by atoms with Crippen LogP contribution in [0.5, 0.6) is 0 Å². The normalized spacial score (nSPS) is 24.3. The van der Waals surface area contributed by atoms with Crippen molar-refractivity contribution in [1.82, 2.24) is 4.90 Å². The molecule has 5 nitrogen and oxygen atoms in total. The van der Waals surface area contributed by atoms with Crippen molar-refractivity contribution < 1.29 is 14.7 Å². The van der Waals surface area contributed by atoms with Crippen LogP contribution >= 0.6 is 0 Å². The molecule has 21 heavy (non-hydrogen) atoms. The number of carbonyl (C=O) groups excluding carboxylic acids is 1. The molecule has 1 saturated heterocycles. The lowest BCUT2D eigenvalue weighted by Crippen LogP contribution is -2.51. The zero-order valence-electron chi connectivity index (χ0n) is 12.1. The highest BCUT2D eigenvalue weighted by molar-refractivity contribution is 5.98. The number of aliphatic carboxylic acids is 1. The van der Waals surface area contributed by atoms with E-state index in [0.29, 0.717) is 12.1 Å². The standard InChI is InChI=1S/C16H20N2O3/c1-10-3-2-8-18(14(10)16(20)21)15(19)12-5-4-11-6-7-17-13(11)9-12/h4-5,9-10,14,17H,2-3,6-8H2,1H3,(H,20,21). The number of benzene rings is 1. The zero-order valence-corrected chi connectivity index (χ0v) is 12.1. The topological polar surface area (TPSA) is 69.6 Å². The predicted octanol–water partition coefficient (Wildman–Crippen LogP) is 1.98. The Morgan fingerprint density at radius 3 is 2.95 bits per heavy atom. The number of fused-ring (bicyclic) bond motifs is 1. The third-order valence-corrected chi connectivity index (χ3v) is 4.51. The van der Waals surface area contributed by atoms with E-state index in [9.17, 15) is 14.7 Å². The maximum absolute atomic E-state index is 12.7. The van der Waals surface area contributed by atoms with Crippen LogP contribution in [-0.4, -0.2) is 41.0 Å². The number of anilines is 1. The van der Waals surface area contributed by atoms with Gasteiger partial charge in [0.2, 0.25) is 0 Å². The zero-order chi connectivity index (χ0) is 15.0. The van der Waals surface area contributed by atoms with E-state index in [0.717, 1.165) is 31.5 Å². The van der Waals surface area contributed by atoms with Crippen LogP contribution in [0.2, 0.25) is 0 Å². The Morgan fingerprint density at radius 2 is 2.19 bits per heavy atom. The largest absolute Gasteiger partial charge is 0.480 e. The van der Waals surface area contributed by atoms with Gasteiger partial charge in [0.05, 0.1) is 0 Å². The maximum atomic E-state index is 12.7. The second-order valence-electron chi connectivity index (χ2n) is 5.95. The van der Waals surface area contributed by atoms with Crippen LogP contribution in [0, 0.1) is 5.92 Å². The van der Waals surface area contributed by atoms with E-state index in [1.165, 1.54) is 10.5 Å². The number of hydrogen-bond acceptors (Lipinski definition) is 3. The summed E-state index contributed by atoms with van der Waals surface area (Å²) in [6.45, 7) is 3.32. The number of carboxylic acids is 1. The molecule has 2 aliphatic rings. The van der Waals surface area contributed by atoms with Crippen molar-refractivity contribution in [2.24, 2.45) is 5.92 Å². The molecule has 1 aromatic carbocycles. The van der Waals surface area contributed by atoms with Gasteiger partial charge in [-0.2, -0.15) is 0 Å². The smallest absolute Gasteiger partial charge is 0.326 e. The number of carboxylic acid groups (broad SMARTS) is 1. The molecule has 0 spiro atoms. The molecular formula is C16H20N2O3. The molecule has 1 aromatic rings. The van der Waals surface area contributed by atoms with Gasteiger partial charge in [0, 0.05) is 24.3 Å². The first-order valence-corrected chi connectivity index (χ1v) is 7.48. The molecule has 0 aromatic heterocycles. The van der Waals surface area contributed by atoms with E-state index in [1.54, 1.807) is 0 Å². The lowest BCUT2D eigenvalue weighted by molar-refractivity contribution is -0.145. The number of hydrogen-bond donors (Lipinski definition) is 2. The lowest BCUT2D eigenvalue weighted by Gasteiger charge is -2.37. The van der Waals surface area contributed by atoms with Crippen LogP contribution in [0.25, 0.3) is 0 Å². The van der Waals surface area contributed by atoms with Gasteiger partial charge >= 0.3 is 5.97 Å². The van der Waals surface area contributed by atoms with Crippen LogP contribution < -0.4 is 5.32 Å². The Hall–Kier alpha value is -2.04. The highest BCUT2D eigenvalue weighted by Crippen LogP contribution is 2.28. The number of rotatable bonds is 2. The van der Waals surface area contributed by atoms with E-state index in [1.807, 2.05) is 25.1 Å². The minimum absolute atomic E-state index is 0.00671. The molecule has 0 radical (unpaired) electrons. The Kier molecular flexibility index (Phi) is 3.57. The average Bonchev–Trinajstić information content (AvgIpc) is 2.93. The summed E-state index contributed by atoms with van der Waals surface area (Å²) >= 11 is 0. The third kappa shape index (κ3) is 2.48. The second-order valence-corrected chi connectivity index (χ2v) is 5.95. The molecule has 2 atom stereocenters. The van der Waals surface area contributed by atoms with Crippen molar-refractivity contribution >= 4 is 17.6 Å². The molecular weight excluding hydrogens is 268 g/mol. The van der Waals surface area contributed by atoms with Crippen molar-refractivity contribution in [3.05, 3.63) is 29.3 Å². The fraction of sp³-hybridized carbons (Fsp3) is 0.500. The molecule has 2 unspecified atom stereocenters. The molecule has 1 amide bonds. The minimum atomic E-state index is -0.908. The molecule has 2 aliphatic heterocycles. The molecule has 0 saturated carbocycles. The maximum Gasteiger partial charge on any atom is 0.326 e. The van der Waals surface area contributed by atoms with E-state index in [2.05, 4.69) is 5.32 Å². The van der Waals surface area contributed by atoms with Crippen molar-refractivity contribution in [2.45, 2.75) is 32.2 Å². The first-order valence-electron chi connectivity index (χ1n) is 7.48. The number of nitrogens with zero attached hydrogens (tertiary/aromatic N) is 1. The molecule has 3 rings (SSSR count). The molecule has 5 heteroatoms. The fourth-order valence-corrected chi connectivity index (χ4v) is 3.38. The van der Waals surface area contributed by atoms with E-state index < -0.39 is 12.0 Å². The Bertz CT molecular complexity index is 585. The number of piperidine rings is 1. The summed E-state index contributed by atoms with van der Waals surface area (Å²) in [4.78, 5) is 25.7. The molecule has 112 valence electrons. The third-order valence-electron chi connectivity index (χ3n) is 4.51. The Morgan fingerprint density at radius 1 is 1.38 bits per heavy atom. The van der Waals surface area contributed by atoms with Crippen LogP contribution in [0.4, 0.5) is 5.69 Å².